The van der Waals surface area contributed by atoms with Crippen LogP contribution in [0.25, 0.3) is 0 Å². The third kappa shape index (κ3) is 3.09. The third-order valence-electron chi connectivity index (χ3n) is 3.88. The molecule has 0 saturated heterocycles. The molecular formula is C15H22O3. The van der Waals surface area contributed by atoms with E-state index >= 15 is 0 Å². The van der Waals surface area contributed by atoms with Crippen molar-refractivity contribution in [3.05, 3.63) is 23.3 Å². The molecule has 0 N–H and O–H groups in total. The average Bonchev–Trinajstić information content (AvgIpc) is 2.39. The third-order valence-corrected chi connectivity index (χ3v) is 3.88. The molecule has 3 heteroatoms. The van der Waals surface area contributed by atoms with Gasteiger partial charge in [0, 0.05) is 27.1 Å². The molecule has 2 aliphatic carbocycles. The molecule has 100 valence electrons. The topological polar surface area (TPSA) is 35.5 Å². The first kappa shape index (κ1) is 13.5. The molecule has 0 bridgehead atoms. The van der Waals surface area contributed by atoms with Crippen LogP contribution >= 0.6 is 0 Å². The highest BCUT2D eigenvalue weighted by atomic mass is 16.7. The van der Waals surface area contributed by atoms with Crippen molar-refractivity contribution in [3.8, 4) is 0 Å². The Hall–Kier alpha value is -0.930. The second-order valence-corrected chi connectivity index (χ2v) is 5.18. The van der Waals surface area contributed by atoms with E-state index < -0.39 is 5.79 Å². The van der Waals surface area contributed by atoms with Gasteiger partial charge in [-0.25, -0.2) is 0 Å². The van der Waals surface area contributed by atoms with E-state index in [0.29, 0.717) is 6.42 Å². The summed E-state index contributed by atoms with van der Waals surface area (Å²) in [5, 5.41) is 0. The zero-order chi connectivity index (χ0) is 13.0. The van der Waals surface area contributed by atoms with E-state index in [0.717, 1.165) is 38.5 Å². The van der Waals surface area contributed by atoms with E-state index in [1.165, 1.54) is 11.1 Å². The van der Waals surface area contributed by atoms with Crippen molar-refractivity contribution in [1.82, 2.24) is 0 Å². The SMILES string of the molecule is COC1(OC)C=C(CC2=CC(=O)CCC2)CCC1. The minimum Gasteiger partial charge on any atom is -0.350 e. The Morgan fingerprint density at radius 1 is 1.11 bits per heavy atom. The van der Waals surface area contributed by atoms with Crippen LogP contribution in [0.1, 0.15) is 44.9 Å². The number of ether oxygens (including phenoxy) is 2. The predicted octanol–water partition coefficient (Wildman–Crippen LogP) is 3.16. The molecular weight excluding hydrogens is 228 g/mol. The molecule has 0 radical (unpaired) electrons. The van der Waals surface area contributed by atoms with Gasteiger partial charge in [-0.1, -0.05) is 11.1 Å². The van der Waals surface area contributed by atoms with Gasteiger partial charge in [0.15, 0.2) is 11.6 Å². The monoisotopic (exact) mass is 250 g/mol. The van der Waals surface area contributed by atoms with Gasteiger partial charge in [0.1, 0.15) is 0 Å². The Balaban J connectivity index is 2.09. The maximum atomic E-state index is 11.4. The summed E-state index contributed by atoms with van der Waals surface area (Å²) >= 11 is 0. The average molecular weight is 250 g/mol. The van der Waals surface area contributed by atoms with E-state index in [2.05, 4.69) is 6.08 Å². The number of carbonyl (C=O) groups is 1. The van der Waals surface area contributed by atoms with Crippen LogP contribution in [0.2, 0.25) is 0 Å². The number of hydrogen-bond acceptors (Lipinski definition) is 3. The molecule has 2 aliphatic rings. The Morgan fingerprint density at radius 2 is 1.83 bits per heavy atom. The van der Waals surface area contributed by atoms with Crippen LogP contribution in [-0.2, 0) is 14.3 Å². The standard InChI is InChI=1S/C15H22O3/c1-17-15(18-2)8-4-6-13(11-15)9-12-5-3-7-14(16)10-12/h10-11H,3-9H2,1-2H3. The van der Waals surface area contributed by atoms with Crippen molar-refractivity contribution in [2.45, 2.75) is 50.7 Å². The molecule has 0 amide bonds. The van der Waals surface area contributed by atoms with E-state index in [4.69, 9.17) is 9.47 Å². The Labute approximate surface area is 109 Å². The van der Waals surface area contributed by atoms with Gasteiger partial charge in [0.2, 0.25) is 0 Å². The van der Waals surface area contributed by atoms with E-state index in [1.54, 1.807) is 14.2 Å². The molecule has 2 rings (SSSR count). The van der Waals surface area contributed by atoms with Crippen molar-refractivity contribution in [1.29, 1.82) is 0 Å². The highest BCUT2D eigenvalue weighted by molar-refractivity contribution is 5.91. The molecule has 0 aliphatic heterocycles. The first-order valence-corrected chi connectivity index (χ1v) is 6.70. The van der Waals surface area contributed by atoms with Crippen molar-refractivity contribution < 1.29 is 14.3 Å². The van der Waals surface area contributed by atoms with Crippen LogP contribution < -0.4 is 0 Å². The highest BCUT2D eigenvalue weighted by Crippen LogP contribution is 2.34. The van der Waals surface area contributed by atoms with Crippen LogP contribution in [0.3, 0.4) is 0 Å². The Bertz CT molecular complexity index is 375. The summed E-state index contributed by atoms with van der Waals surface area (Å²) in [7, 11) is 3.37. The zero-order valence-electron chi connectivity index (χ0n) is 11.3. The molecule has 0 heterocycles. The Morgan fingerprint density at radius 3 is 2.50 bits per heavy atom. The summed E-state index contributed by atoms with van der Waals surface area (Å²) in [6.45, 7) is 0. The fraction of sp³-hybridized carbons (Fsp3) is 0.667. The summed E-state index contributed by atoms with van der Waals surface area (Å²) in [6.07, 6.45) is 10.7. The number of hydrogen-bond donors (Lipinski definition) is 0. The summed E-state index contributed by atoms with van der Waals surface area (Å²) in [5.74, 6) is -0.273. The predicted molar refractivity (Wildman–Crippen MR) is 70.2 cm³/mol. The van der Waals surface area contributed by atoms with Gasteiger partial charge in [-0.3, -0.25) is 4.79 Å². The molecule has 18 heavy (non-hydrogen) atoms. The van der Waals surface area contributed by atoms with Crippen LogP contribution in [0, 0.1) is 0 Å². The first-order valence-electron chi connectivity index (χ1n) is 6.70. The second-order valence-electron chi connectivity index (χ2n) is 5.18. The minimum absolute atomic E-state index is 0.275. The molecule has 0 spiro atoms. The lowest BCUT2D eigenvalue weighted by atomic mass is 9.87. The molecule has 0 aromatic rings. The van der Waals surface area contributed by atoms with E-state index in [1.807, 2.05) is 6.08 Å². The van der Waals surface area contributed by atoms with Gasteiger partial charge in [-0.2, -0.15) is 0 Å². The molecule has 3 nitrogen and oxygen atoms in total. The maximum Gasteiger partial charge on any atom is 0.187 e. The number of carbonyl (C=O) groups excluding carboxylic acids is 1. The summed E-state index contributed by atoms with van der Waals surface area (Å²) in [5.41, 5.74) is 2.60. The van der Waals surface area contributed by atoms with Crippen molar-refractivity contribution in [2.24, 2.45) is 0 Å². The van der Waals surface area contributed by atoms with Crippen molar-refractivity contribution in [3.63, 3.8) is 0 Å². The number of allylic oxidation sites excluding steroid dienone is 3. The van der Waals surface area contributed by atoms with Crippen molar-refractivity contribution in [2.75, 3.05) is 14.2 Å². The number of rotatable bonds is 4. The van der Waals surface area contributed by atoms with Gasteiger partial charge < -0.3 is 9.47 Å². The van der Waals surface area contributed by atoms with Gasteiger partial charge in [-0.15, -0.1) is 0 Å². The fourth-order valence-corrected chi connectivity index (χ4v) is 2.85. The number of methoxy groups -OCH3 is 2. The van der Waals surface area contributed by atoms with Crippen LogP contribution in [0.5, 0.6) is 0 Å². The molecule has 0 unspecified atom stereocenters. The van der Waals surface area contributed by atoms with Crippen molar-refractivity contribution >= 4 is 5.78 Å². The summed E-state index contributed by atoms with van der Waals surface area (Å²) in [6, 6.07) is 0. The smallest absolute Gasteiger partial charge is 0.187 e. The van der Waals surface area contributed by atoms with Gasteiger partial charge in [0.05, 0.1) is 0 Å². The zero-order valence-corrected chi connectivity index (χ0v) is 11.3. The van der Waals surface area contributed by atoms with E-state index in [9.17, 15) is 4.79 Å². The lowest BCUT2D eigenvalue weighted by molar-refractivity contribution is -0.177. The lowest BCUT2D eigenvalue weighted by Gasteiger charge is -2.32. The molecule has 0 saturated carbocycles. The van der Waals surface area contributed by atoms with Gasteiger partial charge in [0.25, 0.3) is 0 Å². The molecule has 0 fully saturated rings. The Kier molecular flexibility index (Phi) is 4.36. The number of ketones is 1. The summed E-state index contributed by atoms with van der Waals surface area (Å²) < 4.78 is 11.0. The minimum atomic E-state index is -0.549. The maximum absolute atomic E-state index is 11.4. The van der Waals surface area contributed by atoms with Gasteiger partial charge in [-0.05, 0) is 44.3 Å². The fourth-order valence-electron chi connectivity index (χ4n) is 2.85. The van der Waals surface area contributed by atoms with Crippen LogP contribution in [0.4, 0.5) is 0 Å². The summed E-state index contributed by atoms with van der Waals surface area (Å²) in [4.78, 5) is 11.4. The lowest BCUT2D eigenvalue weighted by Crippen LogP contribution is -2.33. The quantitative estimate of drug-likeness (QED) is 0.568. The molecule has 0 aromatic heterocycles. The van der Waals surface area contributed by atoms with E-state index in [-0.39, 0.29) is 5.78 Å². The first-order chi connectivity index (χ1) is 8.67. The highest BCUT2D eigenvalue weighted by Gasteiger charge is 2.30. The van der Waals surface area contributed by atoms with Crippen LogP contribution in [-0.4, -0.2) is 25.8 Å². The largest absolute Gasteiger partial charge is 0.350 e. The molecule has 0 aromatic carbocycles. The van der Waals surface area contributed by atoms with Crippen LogP contribution in [0.15, 0.2) is 23.3 Å². The normalized spacial score (nSPS) is 23.6. The molecule has 0 atom stereocenters. The second kappa shape index (κ2) is 5.81. The van der Waals surface area contributed by atoms with Gasteiger partial charge >= 0.3 is 0 Å².